The molecule has 1 aliphatic carbocycles. The number of carbonyl (C=O) groups excluding carboxylic acids is 1. The molecule has 3 rings (SSSR count). The molecule has 2 heterocycles. The minimum absolute atomic E-state index is 0.0106. The lowest BCUT2D eigenvalue weighted by Gasteiger charge is -2.11. The van der Waals surface area contributed by atoms with E-state index >= 15 is 0 Å². The number of nitrogens with one attached hydrogen (secondary N) is 1. The quantitative estimate of drug-likeness (QED) is 0.887. The molecule has 112 valence electrons. The van der Waals surface area contributed by atoms with E-state index in [1.807, 2.05) is 18.5 Å². The van der Waals surface area contributed by atoms with Gasteiger partial charge >= 0.3 is 0 Å². The molecule has 0 radical (unpaired) electrons. The molecule has 1 atom stereocenters. The zero-order valence-electron chi connectivity index (χ0n) is 12.4. The Morgan fingerprint density at radius 3 is 2.95 bits per heavy atom. The summed E-state index contributed by atoms with van der Waals surface area (Å²) in [6.45, 7) is 1.93. The monoisotopic (exact) mass is 304 g/mol. The number of aromatic nitrogens is 3. The number of hydrogen-bond donors (Lipinski definition) is 1. The van der Waals surface area contributed by atoms with Gasteiger partial charge in [-0.2, -0.15) is 0 Å². The third-order valence-electron chi connectivity index (χ3n) is 3.95. The summed E-state index contributed by atoms with van der Waals surface area (Å²) in [5.41, 5.74) is 1.37. The second-order valence-corrected chi connectivity index (χ2v) is 6.75. The van der Waals surface area contributed by atoms with E-state index < -0.39 is 0 Å². The number of rotatable bonds is 3. The Kier molecular flexibility index (Phi) is 4.05. The third kappa shape index (κ3) is 3.00. The maximum atomic E-state index is 12.4. The van der Waals surface area contributed by atoms with Crippen LogP contribution in [0.1, 0.15) is 58.2 Å². The van der Waals surface area contributed by atoms with Crippen LogP contribution in [0.4, 0.5) is 0 Å². The fourth-order valence-corrected chi connectivity index (χ4v) is 3.95. The van der Waals surface area contributed by atoms with E-state index in [9.17, 15) is 4.79 Å². The van der Waals surface area contributed by atoms with Crippen LogP contribution in [-0.2, 0) is 19.9 Å². The number of amides is 1. The summed E-state index contributed by atoms with van der Waals surface area (Å²) in [6.07, 6.45) is 7.64. The zero-order chi connectivity index (χ0) is 14.8. The van der Waals surface area contributed by atoms with Crippen LogP contribution in [0.2, 0.25) is 0 Å². The van der Waals surface area contributed by atoms with Crippen LogP contribution in [0.3, 0.4) is 0 Å². The summed E-state index contributed by atoms with van der Waals surface area (Å²) in [7, 11) is 1.88. The summed E-state index contributed by atoms with van der Waals surface area (Å²) in [5, 5.41) is 10.9. The topological polar surface area (TPSA) is 59.8 Å². The zero-order valence-corrected chi connectivity index (χ0v) is 13.2. The number of aryl methyl sites for hydroxylation is 3. The largest absolute Gasteiger partial charge is 0.342 e. The van der Waals surface area contributed by atoms with Gasteiger partial charge in [0.15, 0.2) is 5.82 Å². The highest BCUT2D eigenvalue weighted by Gasteiger charge is 2.19. The van der Waals surface area contributed by atoms with Gasteiger partial charge in [0.25, 0.3) is 5.91 Å². The molecule has 0 fully saturated rings. The predicted molar refractivity (Wildman–Crippen MR) is 82.5 cm³/mol. The average molecular weight is 304 g/mol. The van der Waals surface area contributed by atoms with Crippen LogP contribution in [0, 0.1) is 0 Å². The Morgan fingerprint density at radius 1 is 1.38 bits per heavy atom. The number of thiophene rings is 1. The molecule has 0 spiro atoms. The molecular weight excluding hydrogens is 284 g/mol. The van der Waals surface area contributed by atoms with Gasteiger partial charge in [-0.3, -0.25) is 4.79 Å². The second-order valence-electron chi connectivity index (χ2n) is 5.61. The fourth-order valence-electron chi connectivity index (χ4n) is 2.80. The van der Waals surface area contributed by atoms with Gasteiger partial charge in [0.2, 0.25) is 0 Å². The molecule has 1 N–H and O–H groups in total. The maximum absolute atomic E-state index is 12.4. The van der Waals surface area contributed by atoms with Crippen molar-refractivity contribution in [3.63, 3.8) is 0 Å². The van der Waals surface area contributed by atoms with Crippen molar-refractivity contribution in [3.05, 3.63) is 33.5 Å². The Labute approximate surface area is 128 Å². The van der Waals surface area contributed by atoms with Crippen molar-refractivity contribution in [2.75, 3.05) is 0 Å². The van der Waals surface area contributed by atoms with Gasteiger partial charge in [-0.15, -0.1) is 21.5 Å². The van der Waals surface area contributed by atoms with E-state index in [0.717, 1.165) is 23.5 Å². The summed E-state index contributed by atoms with van der Waals surface area (Å²) >= 11 is 1.65. The summed E-state index contributed by atoms with van der Waals surface area (Å²) in [4.78, 5) is 14.6. The van der Waals surface area contributed by atoms with Crippen molar-refractivity contribution >= 4 is 17.2 Å². The third-order valence-corrected chi connectivity index (χ3v) is 5.19. The number of hydrogen-bond acceptors (Lipinski definition) is 4. The van der Waals surface area contributed by atoms with Crippen molar-refractivity contribution < 1.29 is 4.79 Å². The van der Waals surface area contributed by atoms with Gasteiger partial charge < -0.3 is 9.88 Å². The molecule has 0 bridgehead atoms. The normalized spacial score (nSPS) is 16.1. The standard InChI is InChI=1S/C15H20N4OS/c1-10(14-18-16-9-19(14)2)17-15(20)13-8-11-6-4-3-5-7-12(11)21-13/h8-10H,3-7H2,1-2H3,(H,17,20)/t10-/m1/s1. The number of nitrogens with zero attached hydrogens (tertiary/aromatic N) is 3. The van der Waals surface area contributed by atoms with Crippen molar-refractivity contribution in [3.8, 4) is 0 Å². The van der Waals surface area contributed by atoms with E-state index in [-0.39, 0.29) is 11.9 Å². The molecule has 0 aromatic carbocycles. The molecule has 2 aromatic heterocycles. The highest BCUT2D eigenvalue weighted by molar-refractivity contribution is 7.14. The first kappa shape index (κ1) is 14.3. The molecule has 6 heteroatoms. The molecule has 1 amide bonds. The van der Waals surface area contributed by atoms with Crippen molar-refractivity contribution in [1.82, 2.24) is 20.1 Å². The number of fused-ring (bicyclic) bond motifs is 1. The summed E-state index contributed by atoms with van der Waals surface area (Å²) in [6, 6.07) is 1.93. The molecular formula is C15H20N4OS. The summed E-state index contributed by atoms with van der Waals surface area (Å²) in [5.74, 6) is 0.755. The summed E-state index contributed by atoms with van der Waals surface area (Å²) < 4.78 is 1.83. The molecule has 2 aromatic rings. The highest BCUT2D eigenvalue weighted by atomic mass is 32.1. The van der Waals surface area contributed by atoms with Gasteiger partial charge in [-0.1, -0.05) is 6.42 Å². The van der Waals surface area contributed by atoms with Gasteiger partial charge in [0.1, 0.15) is 6.33 Å². The first-order chi connectivity index (χ1) is 10.1. The molecule has 5 nitrogen and oxygen atoms in total. The minimum Gasteiger partial charge on any atom is -0.342 e. The first-order valence-corrected chi connectivity index (χ1v) is 8.23. The Hall–Kier alpha value is -1.69. The number of carbonyl (C=O) groups is 1. The lowest BCUT2D eigenvalue weighted by atomic mass is 10.1. The second kappa shape index (κ2) is 5.97. The molecule has 21 heavy (non-hydrogen) atoms. The van der Waals surface area contributed by atoms with Crippen LogP contribution in [0.15, 0.2) is 12.4 Å². The fraction of sp³-hybridized carbons (Fsp3) is 0.533. The average Bonchev–Trinajstić information content (AvgIpc) is 3.00. The lowest BCUT2D eigenvalue weighted by Crippen LogP contribution is -2.27. The van der Waals surface area contributed by atoms with Gasteiger partial charge in [-0.05, 0) is 44.2 Å². The Balaban J connectivity index is 1.72. The molecule has 1 aliphatic rings. The van der Waals surface area contributed by atoms with Crippen LogP contribution < -0.4 is 5.32 Å². The van der Waals surface area contributed by atoms with Crippen LogP contribution >= 0.6 is 11.3 Å². The van der Waals surface area contributed by atoms with Crippen LogP contribution in [0.5, 0.6) is 0 Å². The van der Waals surface area contributed by atoms with Gasteiger partial charge in [0, 0.05) is 11.9 Å². The first-order valence-electron chi connectivity index (χ1n) is 7.41. The Morgan fingerprint density at radius 2 is 2.19 bits per heavy atom. The minimum atomic E-state index is -0.146. The van der Waals surface area contributed by atoms with E-state index in [1.54, 1.807) is 17.7 Å². The molecule has 0 aliphatic heterocycles. The maximum Gasteiger partial charge on any atom is 0.261 e. The molecule has 0 saturated heterocycles. The molecule has 0 saturated carbocycles. The van der Waals surface area contributed by atoms with E-state index in [2.05, 4.69) is 21.6 Å². The van der Waals surface area contributed by atoms with E-state index in [1.165, 1.54) is 29.7 Å². The van der Waals surface area contributed by atoms with E-state index in [4.69, 9.17) is 0 Å². The smallest absolute Gasteiger partial charge is 0.261 e. The molecule has 0 unspecified atom stereocenters. The van der Waals surface area contributed by atoms with Crippen LogP contribution in [0.25, 0.3) is 0 Å². The Bertz CT molecular complexity index is 622. The van der Waals surface area contributed by atoms with Crippen molar-refractivity contribution in [1.29, 1.82) is 0 Å². The van der Waals surface area contributed by atoms with Gasteiger partial charge in [-0.25, -0.2) is 0 Å². The van der Waals surface area contributed by atoms with E-state index in [0.29, 0.717) is 0 Å². The predicted octanol–water partition coefficient (Wildman–Crippen LogP) is 2.64. The SMILES string of the molecule is C[C@@H](NC(=O)c1cc2c(s1)CCCCC2)c1nncn1C. The van der Waals surface area contributed by atoms with Gasteiger partial charge in [0.05, 0.1) is 10.9 Å². The van der Waals surface area contributed by atoms with Crippen LogP contribution in [-0.4, -0.2) is 20.7 Å². The lowest BCUT2D eigenvalue weighted by molar-refractivity contribution is 0.0942. The van der Waals surface area contributed by atoms with Crippen molar-refractivity contribution in [2.24, 2.45) is 7.05 Å². The highest BCUT2D eigenvalue weighted by Crippen LogP contribution is 2.29. The van der Waals surface area contributed by atoms with Crippen molar-refractivity contribution in [2.45, 2.75) is 45.1 Å².